The van der Waals surface area contributed by atoms with Crippen LogP contribution in [0.2, 0.25) is 0 Å². The van der Waals surface area contributed by atoms with Crippen LogP contribution in [0.25, 0.3) is 0 Å². The molecule has 1 aliphatic heterocycles. The van der Waals surface area contributed by atoms with E-state index in [9.17, 15) is 4.79 Å². The third kappa shape index (κ3) is 2.61. The molecular formula is C11H12O4S. The number of benzene rings is 1. The first kappa shape index (κ1) is 11.1. The van der Waals surface area contributed by atoms with E-state index in [2.05, 4.69) is 4.74 Å². The van der Waals surface area contributed by atoms with Crippen LogP contribution in [0.3, 0.4) is 0 Å². The first-order valence-electron chi connectivity index (χ1n) is 4.89. The van der Waals surface area contributed by atoms with Crippen molar-refractivity contribution in [2.45, 2.75) is 4.90 Å². The molecule has 1 aliphatic rings. The number of carbonyl (C=O) groups excluding carboxylic acids is 1. The van der Waals surface area contributed by atoms with Crippen molar-refractivity contribution in [2.75, 3.05) is 26.1 Å². The molecule has 0 spiro atoms. The van der Waals surface area contributed by atoms with Crippen LogP contribution in [-0.4, -0.2) is 32.0 Å². The molecule has 0 N–H and O–H groups in total. The summed E-state index contributed by atoms with van der Waals surface area (Å²) in [5.41, 5.74) is 0. The van der Waals surface area contributed by atoms with Crippen molar-refractivity contribution >= 4 is 17.7 Å². The van der Waals surface area contributed by atoms with Crippen LogP contribution in [0.15, 0.2) is 23.1 Å². The molecule has 0 bridgehead atoms. The third-order valence-electron chi connectivity index (χ3n) is 2.10. The highest BCUT2D eigenvalue weighted by molar-refractivity contribution is 8.00. The van der Waals surface area contributed by atoms with Crippen LogP contribution >= 0.6 is 11.8 Å². The molecule has 1 heterocycles. The molecule has 0 fully saturated rings. The fourth-order valence-electron chi connectivity index (χ4n) is 1.31. The summed E-state index contributed by atoms with van der Waals surface area (Å²) in [5.74, 6) is 1.56. The number of hydrogen-bond acceptors (Lipinski definition) is 5. The molecule has 16 heavy (non-hydrogen) atoms. The van der Waals surface area contributed by atoms with E-state index in [0.717, 1.165) is 16.4 Å². The van der Waals surface area contributed by atoms with Gasteiger partial charge in [0.15, 0.2) is 11.5 Å². The maximum atomic E-state index is 11.0. The summed E-state index contributed by atoms with van der Waals surface area (Å²) >= 11 is 1.42. The van der Waals surface area contributed by atoms with E-state index < -0.39 is 0 Å². The molecule has 5 heteroatoms. The smallest absolute Gasteiger partial charge is 0.315 e. The van der Waals surface area contributed by atoms with Crippen molar-refractivity contribution in [3.05, 3.63) is 18.2 Å². The van der Waals surface area contributed by atoms with Gasteiger partial charge in [0, 0.05) is 4.90 Å². The number of thioether (sulfide) groups is 1. The van der Waals surface area contributed by atoms with Crippen molar-refractivity contribution in [1.82, 2.24) is 0 Å². The molecule has 0 unspecified atom stereocenters. The van der Waals surface area contributed by atoms with Crippen LogP contribution in [0.1, 0.15) is 0 Å². The largest absolute Gasteiger partial charge is 0.486 e. The highest BCUT2D eigenvalue weighted by Gasteiger charge is 2.12. The number of ether oxygens (including phenoxy) is 3. The summed E-state index contributed by atoms with van der Waals surface area (Å²) in [4.78, 5) is 11.9. The normalized spacial score (nSPS) is 13.3. The van der Waals surface area contributed by atoms with E-state index >= 15 is 0 Å². The average molecular weight is 240 g/mol. The summed E-state index contributed by atoms with van der Waals surface area (Å²) in [7, 11) is 1.38. The molecular weight excluding hydrogens is 228 g/mol. The van der Waals surface area contributed by atoms with E-state index in [1.54, 1.807) is 0 Å². The Morgan fingerprint density at radius 1 is 1.38 bits per heavy atom. The van der Waals surface area contributed by atoms with Crippen LogP contribution in [0.5, 0.6) is 11.5 Å². The minimum Gasteiger partial charge on any atom is -0.486 e. The zero-order valence-electron chi connectivity index (χ0n) is 8.89. The fraction of sp³-hybridized carbons (Fsp3) is 0.364. The molecule has 86 valence electrons. The quantitative estimate of drug-likeness (QED) is 0.594. The van der Waals surface area contributed by atoms with Gasteiger partial charge in [-0.15, -0.1) is 11.8 Å². The highest BCUT2D eigenvalue weighted by Crippen LogP contribution is 2.34. The Kier molecular flexibility index (Phi) is 3.56. The molecule has 0 aromatic heterocycles. The van der Waals surface area contributed by atoms with Gasteiger partial charge in [0.2, 0.25) is 0 Å². The van der Waals surface area contributed by atoms with Crippen LogP contribution in [-0.2, 0) is 9.53 Å². The van der Waals surface area contributed by atoms with Crippen molar-refractivity contribution in [3.63, 3.8) is 0 Å². The van der Waals surface area contributed by atoms with Gasteiger partial charge in [-0.25, -0.2) is 0 Å². The van der Waals surface area contributed by atoms with Gasteiger partial charge < -0.3 is 14.2 Å². The predicted molar refractivity (Wildman–Crippen MR) is 60.2 cm³/mol. The van der Waals surface area contributed by atoms with Gasteiger partial charge >= 0.3 is 5.97 Å². The van der Waals surface area contributed by atoms with Crippen molar-refractivity contribution in [1.29, 1.82) is 0 Å². The molecule has 1 aromatic carbocycles. The maximum Gasteiger partial charge on any atom is 0.315 e. The number of fused-ring (bicyclic) bond motifs is 1. The minimum atomic E-state index is -0.236. The lowest BCUT2D eigenvalue weighted by Crippen LogP contribution is -2.15. The minimum absolute atomic E-state index is 0.236. The topological polar surface area (TPSA) is 44.8 Å². The van der Waals surface area contributed by atoms with Gasteiger partial charge in [-0.05, 0) is 18.2 Å². The first-order chi connectivity index (χ1) is 7.79. The highest BCUT2D eigenvalue weighted by atomic mass is 32.2. The summed E-state index contributed by atoms with van der Waals surface area (Å²) in [6.07, 6.45) is 0. The zero-order chi connectivity index (χ0) is 11.4. The van der Waals surface area contributed by atoms with Gasteiger partial charge in [0.25, 0.3) is 0 Å². The van der Waals surface area contributed by atoms with Gasteiger partial charge in [-0.1, -0.05) is 0 Å². The zero-order valence-corrected chi connectivity index (χ0v) is 9.71. The van der Waals surface area contributed by atoms with E-state index in [4.69, 9.17) is 9.47 Å². The number of hydrogen-bond donors (Lipinski definition) is 0. The van der Waals surface area contributed by atoms with E-state index in [1.807, 2.05) is 18.2 Å². The molecule has 0 radical (unpaired) electrons. The Morgan fingerprint density at radius 3 is 2.88 bits per heavy atom. The molecule has 4 nitrogen and oxygen atoms in total. The lowest BCUT2D eigenvalue weighted by Gasteiger charge is -2.18. The number of carbonyl (C=O) groups is 1. The van der Waals surface area contributed by atoms with Gasteiger partial charge in [0.05, 0.1) is 12.9 Å². The lowest BCUT2D eigenvalue weighted by atomic mass is 10.3. The second kappa shape index (κ2) is 5.12. The first-order valence-corrected chi connectivity index (χ1v) is 5.87. The third-order valence-corrected chi connectivity index (χ3v) is 3.07. The van der Waals surface area contributed by atoms with E-state index in [1.165, 1.54) is 18.9 Å². The number of rotatable bonds is 3. The summed E-state index contributed by atoms with van der Waals surface area (Å²) < 4.78 is 15.4. The van der Waals surface area contributed by atoms with Gasteiger partial charge in [-0.3, -0.25) is 4.79 Å². The standard InChI is InChI=1S/C11H12O4S/c1-13-11(12)7-16-8-2-3-9-10(6-8)15-5-4-14-9/h2-3,6H,4-5,7H2,1H3. The average Bonchev–Trinajstić information content (AvgIpc) is 2.35. The Labute approximate surface area is 97.9 Å². The molecule has 0 amide bonds. The maximum absolute atomic E-state index is 11.0. The van der Waals surface area contributed by atoms with Crippen molar-refractivity contribution in [2.24, 2.45) is 0 Å². The molecule has 0 saturated heterocycles. The SMILES string of the molecule is COC(=O)CSc1ccc2c(c1)OCCO2. The monoisotopic (exact) mass is 240 g/mol. The summed E-state index contributed by atoms with van der Waals surface area (Å²) in [6, 6.07) is 5.64. The van der Waals surface area contributed by atoms with Crippen LogP contribution in [0, 0.1) is 0 Å². The van der Waals surface area contributed by atoms with Gasteiger partial charge in [-0.2, -0.15) is 0 Å². The second-order valence-electron chi connectivity index (χ2n) is 3.17. The fourth-order valence-corrected chi connectivity index (χ4v) is 2.07. The summed E-state index contributed by atoms with van der Waals surface area (Å²) in [5, 5.41) is 0. The molecule has 1 aromatic rings. The Balaban J connectivity index is 2.03. The van der Waals surface area contributed by atoms with Crippen molar-refractivity contribution in [3.8, 4) is 11.5 Å². The van der Waals surface area contributed by atoms with Gasteiger partial charge in [0.1, 0.15) is 13.2 Å². The van der Waals surface area contributed by atoms with Crippen molar-refractivity contribution < 1.29 is 19.0 Å². The molecule has 0 atom stereocenters. The molecule has 2 rings (SSSR count). The number of esters is 1. The van der Waals surface area contributed by atoms with E-state index in [-0.39, 0.29) is 5.97 Å². The predicted octanol–water partition coefficient (Wildman–Crippen LogP) is 1.72. The lowest BCUT2D eigenvalue weighted by molar-refractivity contribution is -0.137. The molecule has 0 saturated carbocycles. The van der Waals surface area contributed by atoms with Crippen LogP contribution < -0.4 is 9.47 Å². The Bertz CT molecular complexity index is 392. The second-order valence-corrected chi connectivity index (χ2v) is 4.22. The Hall–Kier alpha value is -1.36. The Morgan fingerprint density at radius 2 is 2.12 bits per heavy atom. The van der Waals surface area contributed by atoms with Crippen LogP contribution in [0.4, 0.5) is 0 Å². The summed E-state index contributed by atoms with van der Waals surface area (Å²) in [6.45, 7) is 1.15. The molecule has 0 aliphatic carbocycles. The van der Waals surface area contributed by atoms with E-state index in [0.29, 0.717) is 19.0 Å². The number of methoxy groups -OCH3 is 1.